The van der Waals surface area contributed by atoms with E-state index in [1.165, 1.54) is 26.2 Å². The number of carboxylic acids is 1. The third-order valence-electron chi connectivity index (χ3n) is 2.98. The molecule has 0 amide bonds. The molecule has 2 aromatic rings. The van der Waals surface area contributed by atoms with E-state index in [-0.39, 0.29) is 5.56 Å². The third-order valence-corrected chi connectivity index (χ3v) is 2.98. The first-order valence-corrected chi connectivity index (χ1v) is 6.98. The van der Waals surface area contributed by atoms with Crippen molar-refractivity contribution >= 4 is 23.8 Å². The van der Waals surface area contributed by atoms with Crippen molar-refractivity contribution in [3.05, 3.63) is 53.6 Å². The van der Waals surface area contributed by atoms with E-state index < -0.39 is 11.9 Å². The summed E-state index contributed by atoms with van der Waals surface area (Å²) in [6, 6.07) is 11.2. The summed E-state index contributed by atoms with van der Waals surface area (Å²) in [6.07, 6.45) is 1.56. The summed E-state index contributed by atoms with van der Waals surface area (Å²) in [6.45, 7) is 1.31. The minimum atomic E-state index is -0.981. The van der Waals surface area contributed by atoms with Gasteiger partial charge >= 0.3 is 11.9 Å². The van der Waals surface area contributed by atoms with Crippen LogP contribution in [-0.4, -0.2) is 30.4 Å². The zero-order valence-corrected chi connectivity index (χ0v) is 13.1. The molecule has 0 aliphatic heterocycles. The van der Waals surface area contributed by atoms with Gasteiger partial charge in [-0.1, -0.05) is 0 Å². The van der Waals surface area contributed by atoms with E-state index in [0.717, 1.165) is 5.56 Å². The van der Waals surface area contributed by atoms with Crippen LogP contribution in [0.5, 0.6) is 11.5 Å². The number of ether oxygens (including phenoxy) is 2. The molecule has 0 aromatic heterocycles. The predicted molar refractivity (Wildman–Crippen MR) is 88.9 cm³/mol. The number of benzene rings is 2. The number of esters is 1. The average Bonchev–Trinajstić information content (AvgIpc) is 2.56. The van der Waals surface area contributed by atoms with Gasteiger partial charge in [-0.05, 0) is 48.0 Å². The number of hydrazone groups is 1. The summed E-state index contributed by atoms with van der Waals surface area (Å²) < 4.78 is 10.2. The fourth-order valence-electron chi connectivity index (χ4n) is 1.87. The van der Waals surface area contributed by atoms with Gasteiger partial charge in [0.15, 0.2) is 11.5 Å². The van der Waals surface area contributed by atoms with Crippen LogP contribution < -0.4 is 14.9 Å². The Kier molecular flexibility index (Phi) is 5.51. The molecule has 0 saturated heterocycles. The lowest BCUT2D eigenvalue weighted by atomic mass is 10.2. The molecule has 2 aromatic carbocycles. The first-order chi connectivity index (χ1) is 11.5. The number of nitrogens with zero attached hydrogens (tertiary/aromatic N) is 1. The summed E-state index contributed by atoms with van der Waals surface area (Å²) >= 11 is 0. The zero-order chi connectivity index (χ0) is 17.5. The summed E-state index contributed by atoms with van der Waals surface area (Å²) in [5.41, 5.74) is 4.38. The highest BCUT2D eigenvalue weighted by atomic mass is 16.6. The van der Waals surface area contributed by atoms with Crippen LogP contribution in [0.1, 0.15) is 22.8 Å². The van der Waals surface area contributed by atoms with Crippen LogP contribution in [0.4, 0.5) is 5.69 Å². The van der Waals surface area contributed by atoms with Gasteiger partial charge in [-0.25, -0.2) is 4.79 Å². The third kappa shape index (κ3) is 4.57. The number of anilines is 1. The highest BCUT2D eigenvalue weighted by molar-refractivity contribution is 5.88. The topological polar surface area (TPSA) is 97.2 Å². The summed E-state index contributed by atoms with van der Waals surface area (Å²) in [5, 5.41) is 12.9. The Labute approximate surface area is 138 Å². The molecule has 24 heavy (non-hydrogen) atoms. The Morgan fingerprint density at radius 1 is 1.12 bits per heavy atom. The number of carbonyl (C=O) groups excluding carboxylic acids is 1. The molecule has 0 atom stereocenters. The summed E-state index contributed by atoms with van der Waals surface area (Å²) in [7, 11) is 1.48. The summed E-state index contributed by atoms with van der Waals surface area (Å²) in [4.78, 5) is 21.8. The maximum atomic E-state index is 11.0. The van der Waals surface area contributed by atoms with Crippen LogP contribution in [0, 0.1) is 0 Å². The number of carboxylic acid groups (broad SMARTS) is 1. The quantitative estimate of drug-likeness (QED) is 0.366. The molecule has 0 heterocycles. The Morgan fingerprint density at radius 2 is 1.83 bits per heavy atom. The number of carbonyl (C=O) groups is 2. The molecule has 0 fully saturated rings. The number of hydrogen-bond acceptors (Lipinski definition) is 6. The number of hydrogen-bond donors (Lipinski definition) is 2. The van der Waals surface area contributed by atoms with E-state index in [1.807, 2.05) is 0 Å². The van der Waals surface area contributed by atoms with Crippen LogP contribution in [0.2, 0.25) is 0 Å². The van der Waals surface area contributed by atoms with Crippen molar-refractivity contribution in [2.45, 2.75) is 6.92 Å². The summed E-state index contributed by atoms with van der Waals surface area (Å²) in [5.74, 6) is -0.662. The second kappa shape index (κ2) is 7.77. The van der Waals surface area contributed by atoms with Gasteiger partial charge in [0.25, 0.3) is 0 Å². The lowest BCUT2D eigenvalue weighted by Gasteiger charge is -2.08. The Balaban J connectivity index is 2.05. The van der Waals surface area contributed by atoms with E-state index in [2.05, 4.69) is 10.5 Å². The zero-order valence-electron chi connectivity index (χ0n) is 13.1. The minimum Gasteiger partial charge on any atom is -0.493 e. The van der Waals surface area contributed by atoms with Gasteiger partial charge in [0, 0.05) is 6.92 Å². The first kappa shape index (κ1) is 17.0. The fraction of sp³-hybridized carbons (Fsp3) is 0.118. The molecule has 0 bridgehead atoms. The first-order valence-electron chi connectivity index (χ1n) is 6.98. The van der Waals surface area contributed by atoms with Crippen molar-refractivity contribution in [3.8, 4) is 11.5 Å². The number of aromatic carboxylic acids is 1. The fourth-order valence-corrected chi connectivity index (χ4v) is 1.87. The standard InChI is InChI=1S/C17H16N2O5/c1-11(20)24-15-8-3-12(9-16(15)23-2)10-18-19-14-6-4-13(5-7-14)17(21)22/h3-10,19H,1-2H3,(H,21,22)/b18-10-. The molecular weight excluding hydrogens is 312 g/mol. The molecule has 0 saturated carbocycles. The lowest BCUT2D eigenvalue weighted by molar-refractivity contribution is -0.132. The SMILES string of the molecule is COc1cc(/C=N\Nc2ccc(C(=O)O)cc2)ccc1OC(C)=O. The predicted octanol–water partition coefficient (Wildman–Crippen LogP) is 2.76. The second-order valence-electron chi connectivity index (χ2n) is 4.76. The van der Waals surface area contributed by atoms with Gasteiger partial charge in [-0.15, -0.1) is 0 Å². The molecule has 0 aliphatic rings. The molecular formula is C17H16N2O5. The van der Waals surface area contributed by atoms with E-state index in [0.29, 0.717) is 17.2 Å². The van der Waals surface area contributed by atoms with Gasteiger partial charge in [0.1, 0.15) is 0 Å². The molecule has 2 N–H and O–H groups in total. The Morgan fingerprint density at radius 3 is 2.42 bits per heavy atom. The molecule has 2 rings (SSSR count). The Bertz CT molecular complexity index is 769. The maximum Gasteiger partial charge on any atom is 0.335 e. The number of methoxy groups -OCH3 is 1. The average molecular weight is 328 g/mol. The Hall–Kier alpha value is -3.35. The lowest BCUT2D eigenvalue weighted by Crippen LogP contribution is -2.03. The molecule has 7 heteroatoms. The highest BCUT2D eigenvalue weighted by Crippen LogP contribution is 2.27. The number of nitrogens with one attached hydrogen (secondary N) is 1. The molecule has 0 spiro atoms. The molecule has 0 aliphatic carbocycles. The number of rotatable bonds is 6. The maximum absolute atomic E-state index is 11.0. The van der Waals surface area contributed by atoms with E-state index in [9.17, 15) is 9.59 Å². The van der Waals surface area contributed by atoms with Crippen LogP contribution in [0.25, 0.3) is 0 Å². The van der Waals surface area contributed by atoms with Crippen molar-refractivity contribution in [2.24, 2.45) is 5.10 Å². The largest absolute Gasteiger partial charge is 0.493 e. The van der Waals surface area contributed by atoms with Crippen LogP contribution >= 0.6 is 0 Å². The van der Waals surface area contributed by atoms with E-state index in [1.54, 1.807) is 36.5 Å². The van der Waals surface area contributed by atoms with E-state index >= 15 is 0 Å². The monoisotopic (exact) mass is 328 g/mol. The van der Waals surface area contributed by atoms with E-state index in [4.69, 9.17) is 14.6 Å². The molecule has 0 unspecified atom stereocenters. The van der Waals surface area contributed by atoms with Crippen molar-refractivity contribution in [3.63, 3.8) is 0 Å². The normalized spacial score (nSPS) is 10.4. The molecule has 124 valence electrons. The van der Waals surface area contributed by atoms with Crippen molar-refractivity contribution < 1.29 is 24.2 Å². The van der Waals surface area contributed by atoms with Crippen LogP contribution in [0.15, 0.2) is 47.6 Å². The minimum absolute atomic E-state index is 0.204. The van der Waals surface area contributed by atoms with Gasteiger partial charge < -0.3 is 14.6 Å². The smallest absolute Gasteiger partial charge is 0.335 e. The van der Waals surface area contributed by atoms with Gasteiger partial charge in [-0.2, -0.15) is 5.10 Å². The van der Waals surface area contributed by atoms with Crippen LogP contribution in [-0.2, 0) is 4.79 Å². The molecule has 7 nitrogen and oxygen atoms in total. The van der Waals surface area contributed by atoms with Crippen molar-refractivity contribution in [1.82, 2.24) is 0 Å². The van der Waals surface area contributed by atoms with Crippen molar-refractivity contribution in [1.29, 1.82) is 0 Å². The van der Waals surface area contributed by atoms with Crippen molar-refractivity contribution in [2.75, 3.05) is 12.5 Å². The van der Waals surface area contributed by atoms with Crippen LogP contribution in [0.3, 0.4) is 0 Å². The highest BCUT2D eigenvalue weighted by Gasteiger charge is 2.07. The second-order valence-corrected chi connectivity index (χ2v) is 4.76. The van der Waals surface area contributed by atoms with Gasteiger partial charge in [0.2, 0.25) is 0 Å². The molecule has 0 radical (unpaired) electrons. The van der Waals surface area contributed by atoms with Gasteiger partial charge in [-0.3, -0.25) is 10.2 Å². The van der Waals surface area contributed by atoms with Gasteiger partial charge in [0.05, 0.1) is 24.6 Å².